The van der Waals surface area contributed by atoms with Gasteiger partial charge in [-0.15, -0.1) is 0 Å². The zero-order chi connectivity index (χ0) is 21.4. The first-order valence-corrected chi connectivity index (χ1v) is 10.6. The largest absolute Gasteiger partial charge is 0.478 e. The number of β-lactam (4-membered cyclic amide) rings is 1. The molecule has 158 valence electrons. The summed E-state index contributed by atoms with van der Waals surface area (Å²) in [5.41, 5.74) is 3.10. The van der Waals surface area contributed by atoms with E-state index >= 15 is 0 Å². The number of hydrogen-bond acceptors (Lipinski definition) is 4. The van der Waals surface area contributed by atoms with Crippen LogP contribution in [0, 0.1) is 6.92 Å². The molecule has 2 aliphatic heterocycles. The monoisotopic (exact) mass is 435 g/mol. The normalized spacial score (nSPS) is 19.3. The van der Waals surface area contributed by atoms with Crippen LogP contribution in [0.15, 0.2) is 66.7 Å². The van der Waals surface area contributed by atoms with Gasteiger partial charge in [-0.2, -0.15) is 0 Å². The summed E-state index contributed by atoms with van der Waals surface area (Å²) < 4.78 is 17.2. The quantitative estimate of drug-likeness (QED) is 0.514. The molecule has 31 heavy (non-hydrogen) atoms. The number of rotatable bonds is 6. The van der Waals surface area contributed by atoms with Crippen molar-refractivity contribution in [1.29, 1.82) is 0 Å². The molecule has 0 aliphatic carbocycles. The van der Waals surface area contributed by atoms with Crippen LogP contribution in [-0.4, -0.2) is 30.2 Å². The van der Waals surface area contributed by atoms with Crippen molar-refractivity contribution in [2.45, 2.75) is 25.5 Å². The van der Waals surface area contributed by atoms with Crippen molar-refractivity contribution >= 4 is 17.5 Å². The molecule has 2 aliphatic rings. The zero-order valence-electron chi connectivity index (χ0n) is 17.1. The molecule has 1 fully saturated rings. The Balaban J connectivity index is 1.40. The van der Waals surface area contributed by atoms with Crippen LogP contribution in [-0.2, 0) is 11.2 Å². The number of benzene rings is 3. The minimum Gasteiger partial charge on any atom is -0.478 e. The Morgan fingerprint density at radius 2 is 1.81 bits per heavy atom. The number of amides is 1. The predicted molar refractivity (Wildman–Crippen MR) is 118 cm³/mol. The minimum atomic E-state index is -0.577. The fraction of sp³-hybridized carbons (Fsp3) is 0.240. The lowest BCUT2D eigenvalue weighted by Gasteiger charge is -2.47. The molecule has 0 radical (unpaired) electrons. The second-order valence-electron chi connectivity index (χ2n) is 7.77. The van der Waals surface area contributed by atoms with Crippen molar-refractivity contribution in [1.82, 2.24) is 4.90 Å². The molecule has 0 aromatic heterocycles. The molecule has 1 saturated heterocycles. The number of carbonyl (C=O) groups is 1. The molecule has 0 saturated carbocycles. The molecular formula is C25H22ClNO4. The maximum atomic E-state index is 13.1. The first kappa shape index (κ1) is 19.8. The Bertz CT molecular complexity index is 1110. The summed E-state index contributed by atoms with van der Waals surface area (Å²) in [4.78, 5) is 15.0. The van der Waals surface area contributed by atoms with Crippen LogP contribution in [0.4, 0.5) is 0 Å². The molecule has 0 bridgehead atoms. The molecule has 5 nitrogen and oxygen atoms in total. The highest BCUT2D eigenvalue weighted by Crippen LogP contribution is 2.42. The molecule has 2 atom stereocenters. The number of aryl methyl sites for hydroxylation is 1. The summed E-state index contributed by atoms with van der Waals surface area (Å²) in [6.07, 6.45) is 0.160. The zero-order valence-corrected chi connectivity index (χ0v) is 17.8. The standard InChI is InChI=1S/C25H22ClNO4/c1-16-4-2-3-5-20(16)31-24-23(18-8-11-21-22(14-18)30-15-29-21)27(25(24)28)13-12-17-6-9-19(26)10-7-17/h2-11,14,23-24H,12-13,15H2,1H3/t23-,24-/m1/s1. The van der Waals surface area contributed by atoms with Gasteiger partial charge in [0.1, 0.15) is 11.8 Å². The predicted octanol–water partition coefficient (Wildman–Crippen LogP) is 4.95. The molecule has 1 amide bonds. The lowest BCUT2D eigenvalue weighted by Crippen LogP contribution is -2.61. The third-order valence-corrected chi connectivity index (χ3v) is 6.04. The van der Waals surface area contributed by atoms with Gasteiger partial charge in [0.05, 0.1) is 0 Å². The fourth-order valence-corrected chi connectivity index (χ4v) is 4.18. The number of carbonyl (C=O) groups excluding carboxylic acids is 1. The smallest absolute Gasteiger partial charge is 0.266 e. The van der Waals surface area contributed by atoms with Gasteiger partial charge < -0.3 is 19.1 Å². The van der Waals surface area contributed by atoms with E-state index in [1.807, 2.05) is 78.6 Å². The van der Waals surface area contributed by atoms with Gasteiger partial charge in [0, 0.05) is 11.6 Å². The molecule has 3 aromatic carbocycles. The Kier molecular flexibility index (Phi) is 5.20. The van der Waals surface area contributed by atoms with Crippen molar-refractivity contribution in [3.05, 3.63) is 88.4 Å². The number of fused-ring (bicyclic) bond motifs is 1. The fourth-order valence-electron chi connectivity index (χ4n) is 4.06. The van der Waals surface area contributed by atoms with E-state index in [4.69, 9.17) is 25.8 Å². The van der Waals surface area contributed by atoms with Gasteiger partial charge in [0.25, 0.3) is 5.91 Å². The van der Waals surface area contributed by atoms with Crippen LogP contribution in [0.1, 0.15) is 22.7 Å². The first-order valence-electron chi connectivity index (χ1n) is 10.3. The minimum absolute atomic E-state index is 0.0140. The highest BCUT2D eigenvalue weighted by atomic mass is 35.5. The topological polar surface area (TPSA) is 48.0 Å². The highest BCUT2D eigenvalue weighted by Gasteiger charge is 2.50. The summed E-state index contributed by atoms with van der Waals surface area (Å²) >= 11 is 5.99. The maximum Gasteiger partial charge on any atom is 0.266 e. The van der Waals surface area contributed by atoms with Crippen LogP contribution in [0.5, 0.6) is 17.2 Å². The molecule has 0 N–H and O–H groups in total. The molecule has 2 heterocycles. The van der Waals surface area contributed by atoms with E-state index in [0.29, 0.717) is 17.3 Å². The third kappa shape index (κ3) is 3.81. The van der Waals surface area contributed by atoms with Crippen molar-refractivity contribution in [3.63, 3.8) is 0 Å². The summed E-state index contributed by atoms with van der Waals surface area (Å²) in [6.45, 7) is 2.78. The van der Waals surface area contributed by atoms with Gasteiger partial charge >= 0.3 is 0 Å². The Labute approximate surface area is 186 Å². The lowest BCUT2D eigenvalue weighted by atomic mass is 9.89. The molecule has 6 heteroatoms. The number of hydrogen-bond donors (Lipinski definition) is 0. The lowest BCUT2D eigenvalue weighted by molar-refractivity contribution is -0.164. The average Bonchev–Trinajstić information content (AvgIpc) is 3.25. The maximum absolute atomic E-state index is 13.1. The van der Waals surface area contributed by atoms with Crippen LogP contribution >= 0.6 is 11.6 Å². The second-order valence-corrected chi connectivity index (χ2v) is 8.21. The molecule has 0 spiro atoms. The summed E-state index contributed by atoms with van der Waals surface area (Å²) in [6, 6.07) is 21.1. The molecular weight excluding hydrogens is 414 g/mol. The highest BCUT2D eigenvalue weighted by molar-refractivity contribution is 6.30. The average molecular weight is 436 g/mol. The third-order valence-electron chi connectivity index (χ3n) is 5.79. The number of para-hydroxylation sites is 1. The molecule has 3 aromatic rings. The van der Waals surface area contributed by atoms with Crippen molar-refractivity contribution in [2.24, 2.45) is 0 Å². The van der Waals surface area contributed by atoms with Gasteiger partial charge in [-0.3, -0.25) is 4.79 Å². The van der Waals surface area contributed by atoms with Crippen LogP contribution in [0.2, 0.25) is 5.02 Å². The van der Waals surface area contributed by atoms with E-state index < -0.39 is 6.10 Å². The van der Waals surface area contributed by atoms with E-state index in [1.165, 1.54) is 0 Å². The number of likely N-dealkylation sites (tertiary alicyclic amines) is 1. The Morgan fingerprint density at radius 1 is 1.03 bits per heavy atom. The number of ether oxygens (including phenoxy) is 3. The van der Waals surface area contributed by atoms with Gasteiger partial charge in [-0.1, -0.05) is 48.0 Å². The molecule has 0 unspecified atom stereocenters. The summed E-state index contributed by atoms with van der Waals surface area (Å²) in [5.74, 6) is 2.13. The summed E-state index contributed by atoms with van der Waals surface area (Å²) in [7, 11) is 0. The van der Waals surface area contributed by atoms with Crippen molar-refractivity contribution < 1.29 is 19.0 Å². The SMILES string of the molecule is Cc1ccccc1O[C@H]1C(=O)N(CCc2ccc(Cl)cc2)[C@@H]1c1ccc2c(c1)OCO2. The first-order chi connectivity index (χ1) is 15.1. The van der Waals surface area contributed by atoms with Crippen LogP contribution in [0.25, 0.3) is 0 Å². The van der Waals surface area contributed by atoms with E-state index in [1.54, 1.807) is 0 Å². The number of halogens is 1. The summed E-state index contributed by atoms with van der Waals surface area (Å²) in [5, 5.41) is 0.703. The molecule has 5 rings (SSSR count). The van der Waals surface area contributed by atoms with Gasteiger partial charge in [0.15, 0.2) is 11.5 Å². The van der Waals surface area contributed by atoms with Gasteiger partial charge in [-0.05, 0) is 60.4 Å². The number of nitrogens with zero attached hydrogens (tertiary/aromatic N) is 1. The van der Waals surface area contributed by atoms with E-state index in [0.717, 1.165) is 34.6 Å². The van der Waals surface area contributed by atoms with Gasteiger partial charge in [-0.25, -0.2) is 0 Å². The van der Waals surface area contributed by atoms with Crippen LogP contribution in [0.3, 0.4) is 0 Å². The van der Waals surface area contributed by atoms with E-state index in [9.17, 15) is 4.79 Å². The second kappa shape index (κ2) is 8.16. The van der Waals surface area contributed by atoms with Crippen LogP contribution < -0.4 is 14.2 Å². The van der Waals surface area contributed by atoms with Gasteiger partial charge in [0.2, 0.25) is 12.9 Å². The van der Waals surface area contributed by atoms with E-state index in [-0.39, 0.29) is 18.7 Å². The van der Waals surface area contributed by atoms with E-state index in [2.05, 4.69) is 0 Å². The Morgan fingerprint density at radius 3 is 2.61 bits per heavy atom. The Hall–Kier alpha value is -3.18. The van der Waals surface area contributed by atoms with Crippen molar-refractivity contribution in [3.8, 4) is 17.2 Å². The van der Waals surface area contributed by atoms with Crippen molar-refractivity contribution in [2.75, 3.05) is 13.3 Å².